The van der Waals surface area contributed by atoms with Gasteiger partial charge in [-0.15, -0.1) is 0 Å². The van der Waals surface area contributed by atoms with Gasteiger partial charge in [-0.25, -0.2) is 4.39 Å². The van der Waals surface area contributed by atoms with Crippen LogP contribution in [-0.4, -0.2) is 11.8 Å². The first kappa shape index (κ1) is 12.3. The van der Waals surface area contributed by atoms with Crippen molar-refractivity contribution in [1.82, 2.24) is 5.32 Å². The molecule has 0 spiro atoms. The van der Waals surface area contributed by atoms with Crippen molar-refractivity contribution in [2.75, 3.05) is 0 Å². The molecule has 5 heteroatoms. The van der Waals surface area contributed by atoms with Gasteiger partial charge in [-0.1, -0.05) is 12.1 Å². The van der Waals surface area contributed by atoms with Crippen molar-refractivity contribution in [3.05, 3.63) is 53.5 Å². The van der Waals surface area contributed by atoms with Crippen LogP contribution in [0.25, 0.3) is 17.4 Å². The van der Waals surface area contributed by atoms with Crippen LogP contribution in [-0.2, 0) is 9.59 Å². The van der Waals surface area contributed by atoms with Crippen LogP contribution in [0.1, 0.15) is 12.2 Å². The Labute approximate surface area is 113 Å². The van der Waals surface area contributed by atoms with Crippen LogP contribution in [0.5, 0.6) is 0 Å². The molecule has 2 aromatic rings. The molecule has 1 N–H and O–H groups in total. The van der Waals surface area contributed by atoms with Crippen LogP contribution in [0.2, 0.25) is 0 Å². The summed E-state index contributed by atoms with van der Waals surface area (Å²) < 4.78 is 19.1. The van der Waals surface area contributed by atoms with Gasteiger partial charge in [-0.2, -0.15) is 0 Å². The number of carbonyl (C=O) groups is 2. The Hall–Kier alpha value is -2.69. The molecule has 3 rings (SSSR count). The Morgan fingerprint density at radius 3 is 2.65 bits per heavy atom. The highest BCUT2D eigenvalue weighted by Gasteiger charge is 2.24. The zero-order chi connectivity index (χ0) is 14.1. The topological polar surface area (TPSA) is 59.3 Å². The van der Waals surface area contributed by atoms with E-state index in [1.54, 1.807) is 30.3 Å². The van der Waals surface area contributed by atoms with Gasteiger partial charge in [0.25, 0.3) is 5.91 Å². The predicted octanol–water partition coefficient (Wildman–Crippen LogP) is 2.52. The molecule has 0 unspecified atom stereocenters. The highest BCUT2D eigenvalue weighted by Crippen LogP contribution is 2.26. The number of hydrogen-bond donors (Lipinski definition) is 1. The maximum Gasteiger partial charge on any atom is 0.254 e. The smallest absolute Gasteiger partial charge is 0.254 e. The number of rotatable bonds is 2. The van der Waals surface area contributed by atoms with Gasteiger partial charge in [0.15, 0.2) is 0 Å². The van der Waals surface area contributed by atoms with E-state index < -0.39 is 5.91 Å². The molecule has 2 amide bonds. The number of imide groups is 1. The third-order valence-electron chi connectivity index (χ3n) is 2.98. The minimum absolute atomic E-state index is 0.0363. The van der Waals surface area contributed by atoms with Crippen LogP contribution < -0.4 is 5.32 Å². The van der Waals surface area contributed by atoms with E-state index in [1.165, 1.54) is 12.1 Å². The molecule has 4 nitrogen and oxygen atoms in total. The van der Waals surface area contributed by atoms with Gasteiger partial charge in [-0.3, -0.25) is 14.9 Å². The van der Waals surface area contributed by atoms with E-state index in [4.69, 9.17) is 4.42 Å². The van der Waals surface area contributed by atoms with Gasteiger partial charge in [0.2, 0.25) is 5.91 Å². The van der Waals surface area contributed by atoms with E-state index in [0.29, 0.717) is 22.7 Å². The molecule has 1 fully saturated rings. The number of nitrogens with one attached hydrogen (secondary N) is 1. The Balaban J connectivity index is 1.92. The fraction of sp³-hybridized carbons (Fsp3) is 0.0667. The summed E-state index contributed by atoms with van der Waals surface area (Å²) >= 11 is 0. The van der Waals surface area contributed by atoms with Crippen LogP contribution in [0.3, 0.4) is 0 Å². The molecule has 0 atom stereocenters. The van der Waals surface area contributed by atoms with E-state index in [0.717, 1.165) is 0 Å². The summed E-state index contributed by atoms with van der Waals surface area (Å²) in [6.07, 6.45) is 1.53. The fourth-order valence-corrected chi connectivity index (χ4v) is 2.03. The molecular weight excluding hydrogens is 261 g/mol. The van der Waals surface area contributed by atoms with Crippen LogP contribution >= 0.6 is 0 Å². The Morgan fingerprint density at radius 1 is 1.15 bits per heavy atom. The van der Waals surface area contributed by atoms with Crippen molar-refractivity contribution in [2.24, 2.45) is 0 Å². The van der Waals surface area contributed by atoms with E-state index in [-0.39, 0.29) is 18.1 Å². The minimum atomic E-state index is -0.418. The second-order valence-corrected chi connectivity index (χ2v) is 4.41. The monoisotopic (exact) mass is 271 g/mol. The molecule has 0 aliphatic carbocycles. The van der Waals surface area contributed by atoms with Crippen molar-refractivity contribution in [3.8, 4) is 11.3 Å². The normalized spacial score (nSPS) is 16.8. The molecule has 1 aliphatic rings. The molecule has 1 aromatic heterocycles. The van der Waals surface area contributed by atoms with Crippen LogP contribution in [0.15, 0.2) is 46.4 Å². The lowest BCUT2D eigenvalue weighted by molar-refractivity contribution is -0.124. The van der Waals surface area contributed by atoms with Crippen molar-refractivity contribution < 1.29 is 18.4 Å². The van der Waals surface area contributed by atoms with Gasteiger partial charge in [0.05, 0.1) is 12.0 Å². The average Bonchev–Trinajstić information content (AvgIpc) is 2.98. The zero-order valence-corrected chi connectivity index (χ0v) is 10.4. The lowest BCUT2D eigenvalue weighted by Crippen LogP contribution is -2.19. The first-order valence-electron chi connectivity index (χ1n) is 6.03. The number of amides is 2. The summed E-state index contributed by atoms with van der Waals surface area (Å²) in [6, 6.07) is 9.52. The largest absolute Gasteiger partial charge is 0.457 e. The molecule has 1 aliphatic heterocycles. The van der Waals surface area contributed by atoms with Gasteiger partial charge in [-0.05, 0) is 30.3 Å². The average molecular weight is 271 g/mol. The maximum atomic E-state index is 13.6. The van der Waals surface area contributed by atoms with E-state index in [2.05, 4.69) is 5.32 Å². The van der Waals surface area contributed by atoms with E-state index >= 15 is 0 Å². The van der Waals surface area contributed by atoms with Crippen molar-refractivity contribution in [2.45, 2.75) is 6.42 Å². The van der Waals surface area contributed by atoms with Crippen LogP contribution in [0, 0.1) is 5.82 Å². The second kappa shape index (κ2) is 4.77. The maximum absolute atomic E-state index is 13.6. The third-order valence-corrected chi connectivity index (χ3v) is 2.98. The number of hydrogen-bond acceptors (Lipinski definition) is 3. The van der Waals surface area contributed by atoms with E-state index in [9.17, 15) is 14.0 Å². The SMILES string of the molecule is O=C1CC(=Cc2ccc(-c3ccccc3F)o2)C(=O)N1. The Morgan fingerprint density at radius 2 is 1.95 bits per heavy atom. The lowest BCUT2D eigenvalue weighted by Gasteiger charge is -1.98. The Kier molecular flexibility index (Phi) is 2.95. The summed E-state index contributed by atoms with van der Waals surface area (Å²) in [5.74, 6) is -0.349. The minimum Gasteiger partial charge on any atom is -0.457 e. The Bertz CT molecular complexity index is 730. The quantitative estimate of drug-likeness (QED) is 0.674. The van der Waals surface area contributed by atoms with Gasteiger partial charge < -0.3 is 4.42 Å². The van der Waals surface area contributed by atoms with Gasteiger partial charge in [0, 0.05) is 5.57 Å². The first-order chi connectivity index (χ1) is 9.63. The first-order valence-corrected chi connectivity index (χ1v) is 6.03. The molecule has 0 saturated carbocycles. The van der Waals surface area contributed by atoms with Crippen molar-refractivity contribution in [3.63, 3.8) is 0 Å². The number of halogens is 1. The number of benzene rings is 1. The van der Waals surface area contributed by atoms with Crippen LogP contribution in [0.4, 0.5) is 4.39 Å². The highest BCUT2D eigenvalue weighted by atomic mass is 19.1. The summed E-state index contributed by atoms with van der Waals surface area (Å²) in [6.45, 7) is 0. The standard InChI is InChI=1S/C15H10FNO3/c16-12-4-2-1-3-11(12)13-6-5-10(20-13)7-9-8-14(18)17-15(9)19/h1-7H,8H2,(H,17,18,19). The van der Waals surface area contributed by atoms with E-state index in [1.807, 2.05) is 0 Å². The van der Waals surface area contributed by atoms with Crippen molar-refractivity contribution in [1.29, 1.82) is 0 Å². The summed E-state index contributed by atoms with van der Waals surface area (Å²) in [5.41, 5.74) is 0.688. The second-order valence-electron chi connectivity index (χ2n) is 4.41. The molecule has 0 radical (unpaired) electrons. The summed E-state index contributed by atoms with van der Waals surface area (Å²) in [4.78, 5) is 22.5. The van der Waals surface area contributed by atoms with Gasteiger partial charge >= 0.3 is 0 Å². The molecule has 20 heavy (non-hydrogen) atoms. The molecule has 2 heterocycles. The molecule has 0 bridgehead atoms. The zero-order valence-electron chi connectivity index (χ0n) is 10.4. The molecule has 1 aromatic carbocycles. The number of carbonyl (C=O) groups excluding carboxylic acids is 2. The predicted molar refractivity (Wildman–Crippen MR) is 69.8 cm³/mol. The van der Waals surface area contributed by atoms with Gasteiger partial charge in [0.1, 0.15) is 17.3 Å². The molecule has 100 valence electrons. The lowest BCUT2D eigenvalue weighted by atomic mass is 10.1. The summed E-state index contributed by atoms with van der Waals surface area (Å²) in [5, 5.41) is 2.19. The number of furan rings is 1. The van der Waals surface area contributed by atoms with Crippen molar-refractivity contribution >= 4 is 17.9 Å². The third kappa shape index (κ3) is 2.25. The summed E-state index contributed by atoms with van der Waals surface area (Å²) in [7, 11) is 0. The highest BCUT2D eigenvalue weighted by molar-refractivity contribution is 6.15. The fourth-order valence-electron chi connectivity index (χ4n) is 2.03. The molecular formula is C15H10FNO3. The molecule has 1 saturated heterocycles.